The van der Waals surface area contributed by atoms with Gasteiger partial charge in [-0.25, -0.2) is 0 Å². The van der Waals surface area contributed by atoms with Crippen molar-refractivity contribution in [3.05, 3.63) is 0 Å². The Labute approximate surface area is 85.7 Å². The molecule has 1 rings (SSSR count). The van der Waals surface area contributed by atoms with Crippen molar-refractivity contribution in [2.45, 2.75) is 51.5 Å². The maximum atomic E-state index is 10.8. The molecule has 0 aromatic heterocycles. The molecule has 0 amide bonds. The van der Waals surface area contributed by atoms with Gasteiger partial charge in [0.05, 0.1) is 0 Å². The lowest BCUT2D eigenvalue weighted by Gasteiger charge is -2.31. The third-order valence-corrected chi connectivity index (χ3v) is 3.47. The molecule has 0 aromatic rings. The molecule has 0 bridgehead atoms. The molecule has 82 valence electrons. The molecule has 14 heavy (non-hydrogen) atoms. The van der Waals surface area contributed by atoms with Crippen molar-refractivity contribution < 1.29 is 9.90 Å². The molecular formula is C11H21NO2. The molecule has 1 fully saturated rings. The largest absolute Gasteiger partial charge is 0.480 e. The molecule has 0 aromatic carbocycles. The fourth-order valence-corrected chi connectivity index (χ4v) is 2.63. The Morgan fingerprint density at radius 1 is 1.43 bits per heavy atom. The molecule has 0 radical (unpaired) electrons. The van der Waals surface area contributed by atoms with Crippen molar-refractivity contribution in [2.75, 3.05) is 0 Å². The molecular weight excluding hydrogens is 178 g/mol. The molecule has 3 heteroatoms. The monoisotopic (exact) mass is 199 g/mol. The van der Waals surface area contributed by atoms with E-state index in [2.05, 4.69) is 0 Å². The van der Waals surface area contributed by atoms with Gasteiger partial charge in [-0.3, -0.25) is 4.79 Å². The van der Waals surface area contributed by atoms with Crippen molar-refractivity contribution in [1.29, 1.82) is 0 Å². The van der Waals surface area contributed by atoms with E-state index in [4.69, 9.17) is 10.8 Å². The van der Waals surface area contributed by atoms with Gasteiger partial charge in [-0.2, -0.15) is 0 Å². The summed E-state index contributed by atoms with van der Waals surface area (Å²) in [6.45, 7) is 2.04. The summed E-state index contributed by atoms with van der Waals surface area (Å²) in [7, 11) is 0. The fraction of sp³-hybridized carbons (Fsp3) is 0.909. The number of rotatable bonds is 4. The van der Waals surface area contributed by atoms with Crippen LogP contribution in [0.25, 0.3) is 0 Å². The van der Waals surface area contributed by atoms with Crippen LogP contribution >= 0.6 is 0 Å². The van der Waals surface area contributed by atoms with E-state index in [-0.39, 0.29) is 5.92 Å². The highest BCUT2D eigenvalue weighted by molar-refractivity contribution is 5.73. The topological polar surface area (TPSA) is 63.3 Å². The zero-order valence-corrected chi connectivity index (χ0v) is 8.91. The summed E-state index contributed by atoms with van der Waals surface area (Å²) < 4.78 is 0. The second kappa shape index (κ2) is 5.35. The Kier molecular flexibility index (Phi) is 4.39. The van der Waals surface area contributed by atoms with Crippen molar-refractivity contribution in [1.82, 2.24) is 0 Å². The number of carboxylic acids is 1. The van der Waals surface area contributed by atoms with E-state index in [1.54, 1.807) is 0 Å². The van der Waals surface area contributed by atoms with E-state index in [9.17, 15) is 4.79 Å². The molecule has 3 nitrogen and oxygen atoms in total. The highest BCUT2D eigenvalue weighted by atomic mass is 16.4. The van der Waals surface area contributed by atoms with Gasteiger partial charge in [0.15, 0.2) is 0 Å². The van der Waals surface area contributed by atoms with Crippen LogP contribution in [0, 0.1) is 11.8 Å². The van der Waals surface area contributed by atoms with Crippen molar-refractivity contribution in [3.8, 4) is 0 Å². The molecule has 1 aliphatic rings. The van der Waals surface area contributed by atoms with Gasteiger partial charge in [0.2, 0.25) is 0 Å². The van der Waals surface area contributed by atoms with E-state index in [1.807, 2.05) is 6.92 Å². The van der Waals surface area contributed by atoms with Crippen LogP contribution in [0.15, 0.2) is 0 Å². The lowest BCUT2D eigenvalue weighted by Crippen LogP contribution is -2.41. The Balaban J connectivity index is 2.55. The third kappa shape index (κ3) is 2.71. The number of carboxylic acid groups (broad SMARTS) is 1. The van der Waals surface area contributed by atoms with Gasteiger partial charge < -0.3 is 10.8 Å². The molecule has 0 heterocycles. The van der Waals surface area contributed by atoms with Crippen LogP contribution in [-0.2, 0) is 4.79 Å². The smallest absolute Gasteiger partial charge is 0.320 e. The Bertz CT molecular complexity index is 188. The zero-order valence-electron chi connectivity index (χ0n) is 8.91. The molecule has 1 saturated carbocycles. The van der Waals surface area contributed by atoms with Crippen LogP contribution in [0.3, 0.4) is 0 Å². The number of nitrogens with two attached hydrogens (primary N) is 1. The quantitative estimate of drug-likeness (QED) is 0.728. The summed E-state index contributed by atoms with van der Waals surface area (Å²) in [6, 6.07) is -0.664. The number of carbonyl (C=O) groups is 1. The predicted octanol–water partition coefficient (Wildman–Crippen LogP) is 2.00. The van der Waals surface area contributed by atoms with E-state index in [0.29, 0.717) is 5.92 Å². The first kappa shape index (κ1) is 11.5. The van der Waals surface area contributed by atoms with Gasteiger partial charge >= 0.3 is 5.97 Å². The average Bonchev–Trinajstić information content (AvgIpc) is 2.20. The van der Waals surface area contributed by atoms with Crippen LogP contribution < -0.4 is 5.73 Å². The zero-order chi connectivity index (χ0) is 10.6. The predicted molar refractivity (Wildman–Crippen MR) is 56.0 cm³/mol. The van der Waals surface area contributed by atoms with Gasteiger partial charge in [-0.1, -0.05) is 45.4 Å². The lowest BCUT2D eigenvalue weighted by molar-refractivity contribution is -0.140. The minimum atomic E-state index is -0.845. The summed E-state index contributed by atoms with van der Waals surface area (Å²) in [6.07, 6.45) is 7.01. The summed E-state index contributed by atoms with van der Waals surface area (Å²) >= 11 is 0. The van der Waals surface area contributed by atoms with Gasteiger partial charge in [-0.15, -0.1) is 0 Å². The van der Waals surface area contributed by atoms with Crippen LogP contribution in [0.4, 0.5) is 0 Å². The Morgan fingerprint density at radius 2 is 2.00 bits per heavy atom. The van der Waals surface area contributed by atoms with Crippen molar-refractivity contribution in [2.24, 2.45) is 17.6 Å². The molecule has 0 aliphatic heterocycles. The standard InChI is InChI=1S/C11H21NO2/c1-2-9(10(12)11(13)14)8-6-4-3-5-7-8/h8-10H,2-7,12H2,1H3,(H,13,14). The Hall–Kier alpha value is -0.570. The number of hydrogen-bond acceptors (Lipinski definition) is 2. The first-order valence-corrected chi connectivity index (χ1v) is 5.65. The highest BCUT2D eigenvalue weighted by Crippen LogP contribution is 2.33. The van der Waals surface area contributed by atoms with E-state index >= 15 is 0 Å². The summed E-state index contributed by atoms with van der Waals surface area (Å²) in [5.41, 5.74) is 5.70. The van der Waals surface area contributed by atoms with E-state index in [1.165, 1.54) is 32.1 Å². The van der Waals surface area contributed by atoms with Crippen LogP contribution in [0.1, 0.15) is 45.4 Å². The Morgan fingerprint density at radius 3 is 2.43 bits per heavy atom. The second-order valence-corrected chi connectivity index (χ2v) is 4.33. The lowest BCUT2D eigenvalue weighted by atomic mass is 9.75. The summed E-state index contributed by atoms with van der Waals surface area (Å²) in [5, 5.41) is 8.89. The van der Waals surface area contributed by atoms with Crippen LogP contribution in [-0.4, -0.2) is 17.1 Å². The maximum Gasteiger partial charge on any atom is 0.320 e. The molecule has 2 unspecified atom stereocenters. The number of hydrogen-bond donors (Lipinski definition) is 2. The average molecular weight is 199 g/mol. The van der Waals surface area contributed by atoms with E-state index in [0.717, 1.165) is 6.42 Å². The summed E-state index contributed by atoms with van der Waals surface area (Å²) in [5.74, 6) is -0.130. The molecule has 0 saturated heterocycles. The maximum absolute atomic E-state index is 10.8. The van der Waals surface area contributed by atoms with Crippen LogP contribution in [0.2, 0.25) is 0 Å². The van der Waals surface area contributed by atoms with Gasteiger partial charge in [0, 0.05) is 0 Å². The molecule has 3 N–H and O–H groups in total. The minimum absolute atomic E-state index is 0.174. The molecule has 1 aliphatic carbocycles. The van der Waals surface area contributed by atoms with Gasteiger partial charge in [-0.05, 0) is 11.8 Å². The SMILES string of the molecule is CCC(C1CCCCC1)C(N)C(=O)O. The highest BCUT2D eigenvalue weighted by Gasteiger charge is 2.30. The first-order valence-electron chi connectivity index (χ1n) is 5.65. The van der Waals surface area contributed by atoms with Gasteiger partial charge in [0.1, 0.15) is 6.04 Å². The molecule has 2 atom stereocenters. The third-order valence-electron chi connectivity index (χ3n) is 3.47. The molecule has 0 spiro atoms. The van der Waals surface area contributed by atoms with Crippen LogP contribution in [0.5, 0.6) is 0 Å². The fourth-order valence-electron chi connectivity index (χ4n) is 2.63. The normalized spacial score (nSPS) is 23.0. The van der Waals surface area contributed by atoms with Crippen molar-refractivity contribution >= 4 is 5.97 Å². The minimum Gasteiger partial charge on any atom is -0.480 e. The number of aliphatic carboxylic acids is 1. The van der Waals surface area contributed by atoms with E-state index < -0.39 is 12.0 Å². The van der Waals surface area contributed by atoms with Gasteiger partial charge in [0.25, 0.3) is 0 Å². The van der Waals surface area contributed by atoms with Crippen molar-refractivity contribution in [3.63, 3.8) is 0 Å². The summed E-state index contributed by atoms with van der Waals surface area (Å²) in [4.78, 5) is 10.8. The first-order chi connectivity index (χ1) is 6.66. The second-order valence-electron chi connectivity index (χ2n) is 4.33.